The molecule has 7 nitrogen and oxygen atoms in total. The van der Waals surface area contributed by atoms with Gasteiger partial charge in [-0.15, -0.1) is 0 Å². The number of nitro benzene ring substituents is 1. The third-order valence-corrected chi connectivity index (χ3v) is 3.65. The standard InChI is InChI=1S/C14H20N4O3/c1-17(13-3-2-8-15-9-13)10-14(19)16-11-4-6-12(7-5-11)18(20)21/h4-7,13,15H,2-3,8-10H2,1H3,(H,16,19). The van der Waals surface area contributed by atoms with Crippen molar-refractivity contribution in [1.29, 1.82) is 0 Å². The quantitative estimate of drug-likeness (QED) is 0.629. The van der Waals surface area contributed by atoms with Gasteiger partial charge in [-0.2, -0.15) is 0 Å². The van der Waals surface area contributed by atoms with Crippen LogP contribution >= 0.6 is 0 Å². The number of nitrogens with zero attached hydrogens (tertiary/aromatic N) is 2. The van der Waals surface area contributed by atoms with Crippen LogP contribution in [-0.2, 0) is 4.79 Å². The van der Waals surface area contributed by atoms with Gasteiger partial charge in [-0.25, -0.2) is 0 Å². The van der Waals surface area contributed by atoms with Gasteiger partial charge in [-0.3, -0.25) is 19.8 Å². The lowest BCUT2D eigenvalue weighted by atomic mass is 10.1. The molecule has 2 N–H and O–H groups in total. The summed E-state index contributed by atoms with van der Waals surface area (Å²) in [4.78, 5) is 24.1. The normalized spacial score (nSPS) is 18.5. The van der Waals surface area contributed by atoms with Gasteiger partial charge in [0.05, 0.1) is 11.5 Å². The molecule has 1 unspecified atom stereocenters. The van der Waals surface area contributed by atoms with Crippen LogP contribution in [0.3, 0.4) is 0 Å². The second kappa shape index (κ2) is 7.14. The summed E-state index contributed by atoms with van der Waals surface area (Å²) in [6.07, 6.45) is 2.22. The van der Waals surface area contributed by atoms with Gasteiger partial charge in [-0.1, -0.05) is 0 Å². The maximum atomic E-state index is 12.0. The molecule has 0 aromatic heterocycles. The minimum Gasteiger partial charge on any atom is -0.325 e. The molecule has 21 heavy (non-hydrogen) atoms. The van der Waals surface area contributed by atoms with Gasteiger partial charge < -0.3 is 10.6 Å². The van der Waals surface area contributed by atoms with Crippen molar-refractivity contribution in [3.05, 3.63) is 34.4 Å². The lowest BCUT2D eigenvalue weighted by molar-refractivity contribution is -0.384. The van der Waals surface area contributed by atoms with Crippen LogP contribution in [0.4, 0.5) is 11.4 Å². The highest BCUT2D eigenvalue weighted by Gasteiger charge is 2.19. The highest BCUT2D eigenvalue weighted by molar-refractivity contribution is 5.92. The SMILES string of the molecule is CN(CC(=O)Nc1ccc([N+](=O)[O-])cc1)C1CCCNC1. The average molecular weight is 292 g/mol. The molecule has 1 amide bonds. The van der Waals surface area contributed by atoms with E-state index in [-0.39, 0.29) is 11.6 Å². The maximum absolute atomic E-state index is 12.0. The molecule has 0 aliphatic carbocycles. The first-order chi connectivity index (χ1) is 10.1. The van der Waals surface area contributed by atoms with Crippen LogP contribution in [-0.4, -0.2) is 48.5 Å². The van der Waals surface area contributed by atoms with E-state index >= 15 is 0 Å². The van der Waals surface area contributed by atoms with Crippen LogP contribution in [0.25, 0.3) is 0 Å². The van der Waals surface area contributed by atoms with Gasteiger partial charge in [0.2, 0.25) is 5.91 Å². The lowest BCUT2D eigenvalue weighted by Gasteiger charge is -2.31. The molecule has 1 fully saturated rings. The number of benzene rings is 1. The molecule has 1 aliphatic rings. The Bertz CT molecular complexity index is 497. The molecule has 1 aromatic carbocycles. The molecule has 2 rings (SSSR count). The Morgan fingerprint density at radius 3 is 2.76 bits per heavy atom. The van der Waals surface area contributed by atoms with Crippen LogP contribution < -0.4 is 10.6 Å². The molecule has 1 heterocycles. The zero-order valence-electron chi connectivity index (χ0n) is 12.0. The van der Waals surface area contributed by atoms with Crippen molar-refractivity contribution in [3.8, 4) is 0 Å². The first kappa shape index (κ1) is 15.4. The summed E-state index contributed by atoms with van der Waals surface area (Å²) in [5.74, 6) is -0.114. The molecule has 0 spiro atoms. The monoisotopic (exact) mass is 292 g/mol. The van der Waals surface area contributed by atoms with Crippen LogP contribution in [0.2, 0.25) is 0 Å². The Balaban J connectivity index is 1.84. The van der Waals surface area contributed by atoms with Gasteiger partial charge in [0, 0.05) is 30.4 Å². The number of likely N-dealkylation sites (N-methyl/N-ethyl adjacent to an activating group) is 1. The Hall–Kier alpha value is -1.99. The highest BCUT2D eigenvalue weighted by Crippen LogP contribution is 2.15. The largest absolute Gasteiger partial charge is 0.325 e. The molecule has 1 atom stereocenters. The maximum Gasteiger partial charge on any atom is 0.269 e. The van der Waals surface area contributed by atoms with Crippen LogP contribution in [0.5, 0.6) is 0 Å². The van der Waals surface area contributed by atoms with E-state index < -0.39 is 4.92 Å². The summed E-state index contributed by atoms with van der Waals surface area (Å²) >= 11 is 0. The number of hydrogen-bond acceptors (Lipinski definition) is 5. The van der Waals surface area contributed by atoms with E-state index in [2.05, 4.69) is 10.6 Å². The summed E-state index contributed by atoms with van der Waals surface area (Å²) in [5.41, 5.74) is 0.583. The van der Waals surface area contributed by atoms with E-state index in [0.29, 0.717) is 18.3 Å². The second-order valence-electron chi connectivity index (χ2n) is 5.27. The fourth-order valence-corrected chi connectivity index (χ4v) is 2.43. The van der Waals surface area contributed by atoms with Gasteiger partial charge in [0.1, 0.15) is 0 Å². The summed E-state index contributed by atoms with van der Waals surface area (Å²) in [6, 6.07) is 6.21. The number of anilines is 1. The first-order valence-electron chi connectivity index (χ1n) is 7.01. The number of hydrogen-bond donors (Lipinski definition) is 2. The number of nitrogens with one attached hydrogen (secondary N) is 2. The molecule has 0 bridgehead atoms. The molecule has 1 saturated heterocycles. The fraction of sp³-hybridized carbons (Fsp3) is 0.500. The minimum absolute atomic E-state index is 0.0124. The van der Waals surface area contributed by atoms with Crippen molar-refractivity contribution in [3.63, 3.8) is 0 Å². The van der Waals surface area contributed by atoms with E-state index in [1.54, 1.807) is 0 Å². The number of piperidine rings is 1. The smallest absolute Gasteiger partial charge is 0.269 e. The van der Waals surface area contributed by atoms with E-state index in [9.17, 15) is 14.9 Å². The second-order valence-corrected chi connectivity index (χ2v) is 5.27. The van der Waals surface area contributed by atoms with Crippen LogP contribution in [0.1, 0.15) is 12.8 Å². The highest BCUT2D eigenvalue weighted by atomic mass is 16.6. The van der Waals surface area contributed by atoms with Gasteiger partial charge >= 0.3 is 0 Å². The van der Waals surface area contributed by atoms with Gasteiger partial charge in [-0.05, 0) is 38.6 Å². The van der Waals surface area contributed by atoms with Crippen molar-refractivity contribution >= 4 is 17.3 Å². The predicted octanol–water partition coefficient (Wildman–Crippen LogP) is 1.22. The van der Waals surface area contributed by atoms with E-state index in [1.165, 1.54) is 24.3 Å². The molecule has 1 aliphatic heterocycles. The topological polar surface area (TPSA) is 87.5 Å². The molecule has 114 valence electrons. The third-order valence-electron chi connectivity index (χ3n) is 3.65. The number of nitro groups is 1. The number of rotatable bonds is 5. The summed E-state index contributed by atoms with van der Waals surface area (Å²) in [5, 5.41) is 16.6. The fourth-order valence-electron chi connectivity index (χ4n) is 2.43. The van der Waals surface area contributed by atoms with Crippen molar-refractivity contribution in [1.82, 2.24) is 10.2 Å². The number of carbonyl (C=O) groups is 1. The Morgan fingerprint density at radius 2 is 2.19 bits per heavy atom. The molecule has 0 saturated carbocycles. The number of carbonyl (C=O) groups excluding carboxylic acids is 1. The lowest BCUT2D eigenvalue weighted by Crippen LogP contribution is -2.46. The minimum atomic E-state index is -0.463. The molecule has 1 aromatic rings. The summed E-state index contributed by atoms with van der Waals surface area (Å²) in [7, 11) is 1.94. The Kier molecular flexibility index (Phi) is 5.24. The third kappa shape index (κ3) is 4.51. The summed E-state index contributed by atoms with van der Waals surface area (Å²) < 4.78 is 0. The molecular formula is C14H20N4O3. The Labute approximate surface area is 123 Å². The van der Waals surface area contributed by atoms with Crippen molar-refractivity contribution in [2.75, 3.05) is 32.0 Å². The molecule has 0 radical (unpaired) electrons. The van der Waals surface area contributed by atoms with Crippen molar-refractivity contribution in [2.45, 2.75) is 18.9 Å². The van der Waals surface area contributed by atoms with E-state index in [4.69, 9.17) is 0 Å². The van der Waals surface area contributed by atoms with Crippen molar-refractivity contribution < 1.29 is 9.72 Å². The van der Waals surface area contributed by atoms with Crippen LogP contribution in [0.15, 0.2) is 24.3 Å². The van der Waals surface area contributed by atoms with E-state index in [1.807, 2.05) is 11.9 Å². The van der Waals surface area contributed by atoms with Crippen molar-refractivity contribution in [2.24, 2.45) is 0 Å². The number of non-ortho nitro benzene ring substituents is 1. The van der Waals surface area contributed by atoms with Gasteiger partial charge in [0.25, 0.3) is 5.69 Å². The predicted molar refractivity (Wildman–Crippen MR) is 80.2 cm³/mol. The zero-order chi connectivity index (χ0) is 15.2. The first-order valence-corrected chi connectivity index (χ1v) is 7.01. The summed E-state index contributed by atoms with van der Waals surface area (Å²) in [6.45, 7) is 2.25. The zero-order valence-corrected chi connectivity index (χ0v) is 12.0. The number of amides is 1. The van der Waals surface area contributed by atoms with Gasteiger partial charge in [0.15, 0.2) is 0 Å². The molecule has 7 heteroatoms. The average Bonchev–Trinajstić information content (AvgIpc) is 2.48. The van der Waals surface area contributed by atoms with E-state index in [0.717, 1.165) is 25.9 Å². The van der Waals surface area contributed by atoms with Crippen LogP contribution in [0, 0.1) is 10.1 Å². The Morgan fingerprint density at radius 1 is 1.48 bits per heavy atom. The molecular weight excluding hydrogens is 272 g/mol.